The molecule has 0 saturated heterocycles. The first-order valence-corrected chi connectivity index (χ1v) is 9.84. The third-order valence-electron chi connectivity index (χ3n) is 5.52. The molecule has 0 heterocycles. The summed E-state index contributed by atoms with van der Waals surface area (Å²) >= 11 is 0. The predicted molar refractivity (Wildman–Crippen MR) is 100 cm³/mol. The zero-order valence-electron chi connectivity index (χ0n) is 16.7. The molecule has 0 N–H and O–H groups in total. The Morgan fingerprint density at radius 1 is 1.04 bits per heavy atom. The Morgan fingerprint density at radius 3 is 1.92 bits per heavy atom. The van der Waals surface area contributed by atoms with Gasteiger partial charge in [-0.05, 0) is 38.0 Å². The average Bonchev–Trinajstić information content (AvgIpc) is 2.57. The smallest absolute Gasteiger partial charge is 0.305 e. The monoisotopic (exact) mass is 352 g/mol. The number of hydrogen-bond donors (Lipinski definition) is 0. The normalized spacial score (nSPS) is 22.2. The van der Waals surface area contributed by atoms with Crippen LogP contribution >= 0.6 is 0 Å². The summed E-state index contributed by atoms with van der Waals surface area (Å²) in [5, 5.41) is 0. The molecule has 2 atom stereocenters. The van der Waals surface area contributed by atoms with E-state index in [4.69, 9.17) is 9.47 Å². The summed E-state index contributed by atoms with van der Waals surface area (Å²) in [6, 6.07) is 0. The SMILES string of the molecule is CCCCC(=O)OCC1(COC(=O)CCCC)C(C)C=C(C)CC1C. The Balaban J connectivity index is 2.80. The van der Waals surface area contributed by atoms with Crippen LogP contribution in [0.25, 0.3) is 0 Å². The number of carbonyl (C=O) groups excluding carboxylic acids is 2. The van der Waals surface area contributed by atoms with E-state index in [0.29, 0.717) is 32.0 Å². The molecule has 0 aromatic carbocycles. The molecular formula is C21H36O4. The van der Waals surface area contributed by atoms with E-state index < -0.39 is 0 Å². The second kappa shape index (κ2) is 10.6. The second-order valence-electron chi connectivity index (χ2n) is 7.67. The number of allylic oxidation sites excluding steroid dienone is 2. The molecule has 0 aromatic rings. The molecule has 25 heavy (non-hydrogen) atoms. The third kappa shape index (κ3) is 6.48. The Morgan fingerprint density at radius 2 is 1.52 bits per heavy atom. The summed E-state index contributed by atoms with van der Waals surface area (Å²) in [6.07, 6.45) is 7.75. The van der Waals surface area contributed by atoms with Gasteiger partial charge in [-0.3, -0.25) is 9.59 Å². The summed E-state index contributed by atoms with van der Waals surface area (Å²) in [6.45, 7) is 11.2. The first-order valence-electron chi connectivity index (χ1n) is 9.84. The van der Waals surface area contributed by atoms with Gasteiger partial charge in [0.15, 0.2) is 0 Å². The quantitative estimate of drug-likeness (QED) is 0.407. The lowest BCUT2D eigenvalue weighted by molar-refractivity contribution is -0.160. The Hall–Kier alpha value is -1.32. The minimum absolute atomic E-state index is 0.149. The van der Waals surface area contributed by atoms with Gasteiger partial charge < -0.3 is 9.47 Å². The van der Waals surface area contributed by atoms with Crippen molar-refractivity contribution in [3.63, 3.8) is 0 Å². The molecule has 0 fully saturated rings. The van der Waals surface area contributed by atoms with Gasteiger partial charge in [0.2, 0.25) is 0 Å². The van der Waals surface area contributed by atoms with E-state index in [0.717, 1.165) is 32.1 Å². The van der Waals surface area contributed by atoms with Crippen molar-refractivity contribution in [2.45, 2.75) is 79.6 Å². The number of hydrogen-bond acceptors (Lipinski definition) is 4. The second-order valence-corrected chi connectivity index (χ2v) is 7.67. The Kier molecular flexibility index (Phi) is 9.23. The van der Waals surface area contributed by atoms with Crippen molar-refractivity contribution in [1.29, 1.82) is 0 Å². The predicted octanol–water partition coefficient (Wildman–Crippen LogP) is 5.06. The van der Waals surface area contributed by atoms with Crippen LogP contribution in [0.5, 0.6) is 0 Å². The summed E-state index contributed by atoms with van der Waals surface area (Å²) in [5.41, 5.74) is 1.02. The third-order valence-corrected chi connectivity index (χ3v) is 5.52. The molecule has 4 nitrogen and oxygen atoms in total. The first kappa shape index (κ1) is 21.7. The summed E-state index contributed by atoms with van der Waals surface area (Å²) in [5.74, 6) is 0.202. The number of carbonyl (C=O) groups is 2. The molecule has 0 spiro atoms. The van der Waals surface area contributed by atoms with E-state index in [-0.39, 0.29) is 23.3 Å². The van der Waals surface area contributed by atoms with Crippen LogP contribution in [0.2, 0.25) is 0 Å². The maximum atomic E-state index is 12.0. The molecule has 0 aliphatic heterocycles. The molecule has 0 aromatic heterocycles. The maximum Gasteiger partial charge on any atom is 0.305 e. The molecule has 0 amide bonds. The van der Waals surface area contributed by atoms with Crippen LogP contribution in [0.4, 0.5) is 0 Å². The van der Waals surface area contributed by atoms with Crippen molar-refractivity contribution < 1.29 is 19.1 Å². The number of ether oxygens (including phenoxy) is 2. The van der Waals surface area contributed by atoms with Crippen molar-refractivity contribution in [2.24, 2.45) is 17.3 Å². The van der Waals surface area contributed by atoms with Gasteiger partial charge in [-0.15, -0.1) is 0 Å². The molecule has 0 saturated carbocycles. The molecular weight excluding hydrogens is 316 g/mol. The zero-order chi connectivity index (χ0) is 18.9. The highest BCUT2D eigenvalue weighted by atomic mass is 16.5. The summed E-state index contributed by atoms with van der Waals surface area (Å²) in [7, 11) is 0. The van der Waals surface area contributed by atoms with Gasteiger partial charge in [-0.1, -0.05) is 52.2 Å². The molecule has 4 heteroatoms. The minimum Gasteiger partial charge on any atom is -0.465 e. The van der Waals surface area contributed by atoms with E-state index in [1.807, 2.05) is 0 Å². The highest BCUT2D eigenvalue weighted by Crippen LogP contribution is 2.45. The molecule has 0 bridgehead atoms. The highest BCUT2D eigenvalue weighted by molar-refractivity contribution is 5.70. The van der Waals surface area contributed by atoms with E-state index in [1.54, 1.807) is 0 Å². The van der Waals surface area contributed by atoms with Gasteiger partial charge in [0.25, 0.3) is 0 Å². The fourth-order valence-corrected chi connectivity index (χ4v) is 3.60. The fraction of sp³-hybridized carbons (Fsp3) is 0.810. The zero-order valence-corrected chi connectivity index (χ0v) is 16.7. The molecule has 1 rings (SSSR count). The Labute approximate surface area is 153 Å². The van der Waals surface area contributed by atoms with Gasteiger partial charge >= 0.3 is 11.9 Å². The molecule has 1 aliphatic rings. The van der Waals surface area contributed by atoms with Crippen LogP contribution in [-0.2, 0) is 19.1 Å². The van der Waals surface area contributed by atoms with Crippen molar-refractivity contribution in [1.82, 2.24) is 0 Å². The lowest BCUT2D eigenvalue weighted by atomic mass is 9.63. The van der Waals surface area contributed by atoms with Crippen LogP contribution in [0.15, 0.2) is 11.6 Å². The summed E-state index contributed by atoms with van der Waals surface area (Å²) in [4.78, 5) is 24.0. The van der Waals surface area contributed by atoms with Crippen molar-refractivity contribution >= 4 is 11.9 Å². The van der Waals surface area contributed by atoms with Crippen LogP contribution in [0.1, 0.15) is 79.6 Å². The van der Waals surface area contributed by atoms with Gasteiger partial charge in [-0.25, -0.2) is 0 Å². The van der Waals surface area contributed by atoms with Gasteiger partial charge in [0.05, 0.1) is 0 Å². The summed E-state index contributed by atoms with van der Waals surface area (Å²) < 4.78 is 11.2. The van der Waals surface area contributed by atoms with Crippen LogP contribution in [-0.4, -0.2) is 25.2 Å². The topological polar surface area (TPSA) is 52.6 Å². The van der Waals surface area contributed by atoms with Gasteiger partial charge in [0, 0.05) is 18.3 Å². The highest BCUT2D eigenvalue weighted by Gasteiger charge is 2.45. The van der Waals surface area contributed by atoms with E-state index >= 15 is 0 Å². The molecule has 1 aliphatic carbocycles. The molecule has 2 unspecified atom stereocenters. The minimum atomic E-state index is -0.330. The lowest BCUT2D eigenvalue weighted by Gasteiger charge is -2.45. The molecule has 0 radical (unpaired) electrons. The fourth-order valence-electron chi connectivity index (χ4n) is 3.60. The number of rotatable bonds is 10. The number of unbranched alkanes of at least 4 members (excludes halogenated alkanes) is 2. The van der Waals surface area contributed by atoms with E-state index in [1.165, 1.54) is 5.57 Å². The number of esters is 2. The van der Waals surface area contributed by atoms with Crippen LogP contribution < -0.4 is 0 Å². The van der Waals surface area contributed by atoms with Gasteiger partial charge in [-0.2, -0.15) is 0 Å². The lowest BCUT2D eigenvalue weighted by Crippen LogP contribution is -2.46. The average molecular weight is 353 g/mol. The molecule has 144 valence electrons. The van der Waals surface area contributed by atoms with E-state index in [2.05, 4.69) is 40.7 Å². The standard InChI is InChI=1S/C21H36O4/c1-6-8-10-19(22)24-14-21(15-25-20(23)11-9-7-2)17(4)12-16(3)13-18(21)5/h12,17-18H,6-11,13-15H2,1-5H3. The van der Waals surface area contributed by atoms with Crippen molar-refractivity contribution in [3.8, 4) is 0 Å². The van der Waals surface area contributed by atoms with Crippen LogP contribution in [0, 0.1) is 17.3 Å². The maximum absolute atomic E-state index is 12.0. The largest absolute Gasteiger partial charge is 0.465 e. The first-order chi connectivity index (χ1) is 11.9. The van der Waals surface area contributed by atoms with Crippen molar-refractivity contribution in [3.05, 3.63) is 11.6 Å². The van der Waals surface area contributed by atoms with E-state index in [9.17, 15) is 9.59 Å². The van der Waals surface area contributed by atoms with Crippen molar-refractivity contribution in [2.75, 3.05) is 13.2 Å². The van der Waals surface area contributed by atoms with Gasteiger partial charge in [0.1, 0.15) is 13.2 Å². The van der Waals surface area contributed by atoms with Crippen LogP contribution in [0.3, 0.4) is 0 Å². The Bertz CT molecular complexity index is 443.